The maximum Gasteiger partial charge on any atom is 0.415 e. The van der Waals surface area contributed by atoms with Crippen molar-refractivity contribution >= 4 is 5.91 Å². The summed E-state index contributed by atoms with van der Waals surface area (Å²) in [7, 11) is 0. The molecule has 17 heavy (non-hydrogen) atoms. The summed E-state index contributed by atoms with van der Waals surface area (Å²) in [5.74, 6) is 0.117. The van der Waals surface area contributed by atoms with Crippen LogP contribution in [0.15, 0.2) is 0 Å². The lowest BCUT2D eigenvalue weighted by Gasteiger charge is -2.15. The van der Waals surface area contributed by atoms with Gasteiger partial charge in [-0.05, 0) is 5.92 Å². The first-order valence-electron chi connectivity index (χ1n) is 5.45. The van der Waals surface area contributed by atoms with Gasteiger partial charge in [0.2, 0.25) is 5.91 Å². The van der Waals surface area contributed by atoms with Gasteiger partial charge >= 0.3 is 6.18 Å². The van der Waals surface area contributed by atoms with Gasteiger partial charge in [0.25, 0.3) is 0 Å². The first kappa shape index (κ1) is 16.2. The van der Waals surface area contributed by atoms with Crippen molar-refractivity contribution in [1.82, 2.24) is 10.6 Å². The van der Waals surface area contributed by atoms with Crippen molar-refractivity contribution in [2.24, 2.45) is 5.92 Å². The largest absolute Gasteiger partial charge is 0.415 e. The molecule has 3 N–H and O–H groups in total. The van der Waals surface area contributed by atoms with Crippen molar-refractivity contribution < 1.29 is 23.1 Å². The highest BCUT2D eigenvalue weighted by Crippen LogP contribution is 2.18. The minimum atomic E-state index is -4.62. The molecule has 0 rings (SSSR count). The van der Waals surface area contributed by atoms with Crippen LogP contribution in [0.3, 0.4) is 0 Å². The molecule has 0 saturated heterocycles. The van der Waals surface area contributed by atoms with Gasteiger partial charge in [-0.25, -0.2) is 0 Å². The Bertz CT molecular complexity index is 232. The fourth-order valence-corrected chi connectivity index (χ4v) is 0.963. The molecular weight excluding hydrogens is 237 g/mol. The van der Waals surface area contributed by atoms with Gasteiger partial charge in [-0.15, -0.1) is 0 Å². The van der Waals surface area contributed by atoms with Gasteiger partial charge in [-0.1, -0.05) is 13.8 Å². The molecular formula is C10H19F3N2O2. The summed E-state index contributed by atoms with van der Waals surface area (Å²) in [6, 6.07) is 0. The summed E-state index contributed by atoms with van der Waals surface area (Å²) < 4.78 is 35.6. The molecule has 0 aliphatic heterocycles. The average molecular weight is 256 g/mol. The van der Waals surface area contributed by atoms with Gasteiger partial charge in [-0.3, -0.25) is 4.79 Å². The van der Waals surface area contributed by atoms with Crippen molar-refractivity contribution in [3.05, 3.63) is 0 Å². The second-order valence-corrected chi connectivity index (χ2v) is 4.21. The molecule has 0 aliphatic rings. The number of carbonyl (C=O) groups excluding carboxylic acids is 1. The average Bonchev–Trinajstić information content (AvgIpc) is 2.19. The highest BCUT2D eigenvalue weighted by atomic mass is 19.4. The van der Waals surface area contributed by atoms with Crippen LogP contribution < -0.4 is 10.6 Å². The van der Waals surface area contributed by atoms with Gasteiger partial charge in [0.05, 0.1) is 0 Å². The van der Waals surface area contributed by atoms with Crippen LogP contribution in [-0.2, 0) is 4.79 Å². The molecule has 0 aromatic rings. The summed E-state index contributed by atoms with van der Waals surface area (Å²) in [4.78, 5) is 11.2. The molecule has 0 fully saturated rings. The topological polar surface area (TPSA) is 61.4 Å². The molecule has 0 aromatic carbocycles. The van der Waals surface area contributed by atoms with Gasteiger partial charge in [-0.2, -0.15) is 13.2 Å². The minimum absolute atomic E-state index is 0.0945. The number of alkyl halides is 3. The van der Waals surface area contributed by atoms with Crippen LogP contribution >= 0.6 is 0 Å². The van der Waals surface area contributed by atoms with Crippen LogP contribution in [0.25, 0.3) is 0 Å². The Balaban J connectivity index is 3.55. The Morgan fingerprint density at radius 1 is 1.29 bits per heavy atom. The van der Waals surface area contributed by atoms with E-state index < -0.39 is 18.8 Å². The Morgan fingerprint density at radius 2 is 1.88 bits per heavy atom. The predicted molar refractivity (Wildman–Crippen MR) is 57.4 cm³/mol. The molecule has 102 valence electrons. The number of hydrogen-bond acceptors (Lipinski definition) is 3. The predicted octanol–water partition coefficient (Wildman–Crippen LogP) is 0.662. The standard InChI is InChI=1S/C10H19F3N2O2/c1-7(2)5-15-9(17)3-4-14-6-8(16)10(11,12)13/h7-8,14,16H,3-6H2,1-2H3,(H,15,17). The number of amides is 1. The van der Waals surface area contributed by atoms with E-state index in [0.717, 1.165) is 0 Å². The van der Waals surface area contributed by atoms with E-state index in [1.54, 1.807) is 0 Å². The number of rotatable bonds is 7. The number of hydrogen-bond donors (Lipinski definition) is 3. The number of nitrogens with one attached hydrogen (secondary N) is 2. The van der Waals surface area contributed by atoms with Crippen LogP contribution in [0.2, 0.25) is 0 Å². The molecule has 1 atom stereocenters. The zero-order valence-corrected chi connectivity index (χ0v) is 9.97. The molecule has 0 aliphatic carbocycles. The van der Waals surface area contributed by atoms with E-state index in [1.165, 1.54) is 0 Å². The van der Waals surface area contributed by atoms with E-state index in [0.29, 0.717) is 12.5 Å². The molecule has 1 unspecified atom stereocenters. The third-order valence-corrected chi connectivity index (χ3v) is 1.95. The van der Waals surface area contributed by atoms with Crippen LogP contribution in [0, 0.1) is 5.92 Å². The molecule has 4 nitrogen and oxygen atoms in total. The summed E-state index contributed by atoms with van der Waals surface area (Å²) in [6.07, 6.45) is -6.91. The van der Waals surface area contributed by atoms with Crippen LogP contribution in [0.4, 0.5) is 13.2 Å². The van der Waals surface area contributed by atoms with Crippen molar-refractivity contribution in [3.8, 4) is 0 Å². The van der Waals surface area contributed by atoms with Crippen LogP contribution in [-0.4, -0.2) is 42.9 Å². The molecule has 0 radical (unpaired) electrons. The molecule has 0 spiro atoms. The zero-order chi connectivity index (χ0) is 13.5. The Kier molecular flexibility index (Phi) is 7.13. The number of aliphatic hydroxyl groups excluding tert-OH is 1. The minimum Gasteiger partial charge on any atom is -0.382 e. The fourth-order valence-electron chi connectivity index (χ4n) is 0.963. The van der Waals surface area contributed by atoms with Crippen molar-refractivity contribution in [1.29, 1.82) is 0 Å². The lowest BCUT2D eigenvalue weighted by molar-refractivity contribution is -0.201. The third-order valence-electron chi connectivity index (χ3n) is 1.95. The maximum absolute atomic E-state index is 11.9. The Hall–Kier alpha value is -0.820. The lowest BCUT2D eigenvalue weighted by atomic mass is 10.2. The maximum atomic E-state index is 11.9. The molecule has 7 heteroatoms. The molecule has 0 saturated carbocycles. The summed E-state index contributed by atoms with van der Waals surface area (Å²) in [6.45, 7) is 3.94. The first-order valence-corrected chi connectivity index (χ1v) is 5.45. The van der Waals surface area contributed by atoms with E-state index in [4.69, 9.17) is 5.11 Å². The third kappa shape index (κ3) is 8.93. The Labute approximate surface area is 98.6 Å². The molecule has 1 amide bonds. The molecule has 0 heterocycles. The van der Waals surface area contributed by atoms with Gasteiger partial charge < -0.3 is 15.7 Å². The zero-order valence-electron chi connectivity index (χ0n) is 9.97. The first-order chi connectivity index (χ1) is 7.73. The SMILES string of the molecule is CC(C)CNC(=O)CCNCC(O)C(F)(F)F. The van der Waals surface area contributed by atoms with Crippen molar-refractivity contribution in [2.75, 3.05) is 19.6 Å². The summed E-state index contributed by atoms with van der Waals surface area (Å²) >= 11 is 0. The van der Waals surface area contributed by atoms with Gasteiger partial charge in [0.15, 0.2) is 6.10 Å². The quantitative estimate of drug-likeness (QED) is 0.586. The fraction of sp³-hybridized carbons (Fsp3) is 0.900. The second kappa shape index (κ2) is 7.50. The van der Waals surface area contributed by atoms with E-state index >= 15 is 0 Å². The lowest BCUT2D eigenvalue weighted by Crippen LogP contribution is -2.39. The smallest absolute Gasteiger partial charge is 0.382 e. The normalized spacial score (nSPS) is 13.8. The Morgan fingerprint density at radius 3 is 2.35 bits per heavy atom. The molecule has 0 bridgehead atoms. The van der Waals surface area contributed by atoms with E-state index in [-0.39, 0.29) is 18.9 Å². The van der Waals surface area contributed by atoms with Gasteiger partial charge in [0, 0.05) is 26.1 Å². The van der Waals surface area contributed by atoms with Crippen molar-refractivity contribution in [3.63, 3.8) is 0 Å². The van der Waals surface area contributed by atoms with Gasteiger partial charge in [0.1, 0.15) is 0 Å². The van der Waals surface area contributed by atoms with E-state index in [2.05, 4.69) is 10.6 Å². The molecule has 0 aromatic heterocycles. The van der Waals surface area contributed by atoms with Crippen molar-refractivity contribution in [2.45, 2.75) is 32.5 Å². The van der Waals surface area contributed by atoms with E-state index in [9.17, 15) is 18.0 Å². The highest BCUT2D eigenvalue weighted by Gasteiger charge is 2.37. The summed E-state index contributed by atoms with van der Waals surface area (Å²) in [5, 5.41) is 13.7. The second-order valence-electron chi connectivity index (χ2n) is 4.21. The summed E-state index contributed by atoms with van der Waals surface area (Å²) in [5.41, 5.74) is 0. The number of halogens is 3. The van der Waals surface area contributed by atoms with Crippen LogP contribution in [0.1, 0.15) is 20.3 Å². The van der Waals surface area contributed by atoms with E-state index in [1.807, 2.05) is 13.8 Å². The number of aliphatic hydroxyl groups is 1. The highest BCUT2D eigenvalue weighted by molar-refractivity contribution is 5.76. The monoisotopic (exact) mass is 256 g/mol. The number of carbonyl (C=O) groups is 1. The van der Waals surface area contributed by atoms with Crippen LogP contribution in [0.5, 0.6) is 0 Å².